The van der Waals surface area contributed by atoms with Crippen LogP contribution in [0.4, 0.5) is 11.6 Å². The lowest BCUT2D eigenvalue weighted by Gasteiger charge is -2.27. The van der Waals surface area contributed by atoms with E-state index in [1.807, 2.05) is 0 Å². The van der Waals surface area contributed by atoms with E-state index in [2.05, 4.69) is 74.8 Å². The highest BCUT2D eigenvalue weighted by Crippen LogP contribution is 2.36. The summed E-state index contributed by atoms with van der Waals surface area (Å²) in [6.07, 6.45) is 2.73. The lowest BCUT2D eigenvalue weighted by Crippen LogP contribution is -2.31. The zero-order valence-corrected chi connectivity index (χ0v) is 18.0. The van der Waals surface area contributed by atoms with Crippen LogP contribution in [0.15, 0.2) is 18.5 Å². The number of nitrogens with zero attached hydrogens (tertiary/aromatic N) is 7. The van der Waals surface area contributed by atoms with Gasteiger partial charge in [-0.2, -0.15) is 5.10 Å². The van der Waals surface area contributed by atoms with E-state index in [0.717, 1.165) is 63.0 Å². The van der Waals surface area contributed by atoms with Gasteiger partial charge in [0.2, 0.25) is 0 Å². The second-order valence-electron chi connectivity index (χ2n) is 10.0. The molecule has 0 spiro atoms. The van der Waals surface area contributed by atoms with Crippen LogP contribution < -0.4 is 9.80 Å². The van der Waals surface area contributed by atoms with E-state index >= 15 is 0 Å². The Morgan fingerprint density at radius 2 is 1.59 bits per heavy atom. The second kappa shape index (κ2) is 6.90. The monoisotopic (exact) mass is 393 g/mol. The van der Waals surface area contributed by atoms with Crippen LogP contribution in [0.1, 0.15) is 37.7 Å². The van der Waals surface area contributed by atoms with Gasteiger partial charge in [-0.3, -0.25) is 0 Å². The number of likely N-dealkylation sites (N-methyl/N-ethyl adjacent to an activating group) is 1. The first kappa shape index (κ1) is 18.7. The average Bonchev–Trinajstić information content (AvgIpc) is 3.26. The van der Waals surface area contributed by atoms with Crippen molar-refractivity contribution in [1.29, 1.82) is 0 Å². The molecule has 2 unspecified atom stereocenters. The maximum atomic E-state index is 4.57. The SMILES string of the molecule is CN1CCc2nnc(N3CC4CN(c5cc(C(C)(C)C)ncn5)CC4C3)cc2C1. The fraction of sp³-hybridized carbons (Fsp3) is 0.636. The molecule has 2 fully saturated rings. The van der Waals surface area contributed by atoms with Gasteiger partial charge >= 0.3 is 0 Å². The molecule has 0 radical (unpaired) electrons. The van der Waals surface area contributed by atoms with Crippen molar-refractivity contribution in [2.24, 2.45) is 11.8 Å². The molecular formula is C22H31N7. The lowest BCUT2D eigenvalue weighted by molar-refractivity contribution is 0.308. The van der Waals surface area contributed by atoms with Gasteiger partial charge in [0.05, 0.1) is 11.4 Å². The Morgan fingerprint density at radius 3 is 2.28 bits per heavy atom. The molecule has 2 aromatic rings. The summed E-state index contributed by atoms with van der Waals surface area (Å²) in [5.74, 6) is 3.44. The molecule has 2 aromatic heterocycles. The molecule has 154 valence electrons. The van der Waals surface area contributed by atoms with Crippen molar-refractivity contribution in [3.8, 4) is 0 Å². The maximum Gasteiger partial charge on any atom is 0.151 e. The molecule has 0 aliphatic carbocycles. The van der Waals surface area contributed by atoms with E-state index in [4.69, 9.17) is 0 Å². The number of anilines is 2. The molecule has 0 amide bonds. The van der Waals surface area contributed by atoms with Crippen molar-refractivity contribution in [1.82, 2.24) is 25.1 Å². The molecule has 0 N–H and O–H groups in total. The number of hydrogen-bond acceptors (Lipinski definition) is 7. The zero-order valence-electron chi connectivity index (χ0n) is 18.0. The van der Waals surface area contributed by atoms with E-state index in [1.165, 1.54) is 11.3 Å². The topological polar surface area (TPSA) is 61.3 Å². The maximum absolute atomic E-state index is 4.57. The summed E-state index contributed by atoms with van der Waals surface area (Å²) in [5, 5.41) is 9.11. The molecule has 7 nitrogen and oxygen atoms in total. The van der Waals surface area contributed by atoms with Crippen molar-refractivity contribution in [2.75, 3.05) is 49.6 Å². The second-order valence-corrected chi connectivity index (χ2v) is 10.0. The van der Waals surface area contributed by atoms with Gasteiger partial charge in [-0.15, -0.1) is 5.10 Å². The van der Waals surface area contributed by atoms with E-state index in [0.29, 0.717) is 11.8 Å². The van der Waals surface area contributed by atoms with E-state index in [9.17, 15) is 0 Å². The minimum absolute atomic E-state index is 0.0449. The molecule has 29 heavy (non-hydrogen) atoms. The Balaban J connectivity index is 1.28. The molecule has 0 saturated carbocycles. The first-order chi connectivity index (χ1) is 13.9. The normalized spacial score (nSPS) is 24.7. The van der Waals surface area contributed by atoms with E-state index in [1.54, 1.807) is 6.33 Å². The third-order valence-electron chi connectivity index (χ3n) is 6.67. The summed E-state index contributed by atoms with van der Waals surface area (Å²) in [4.78, 5) is 16.3. The molecule has 0 aromatic carbocycles. The third-order valence-corrected chi connectivity index (χ3v) is 6.67. The van der Waals surface area contributed by atoms with Crippen LogP contribution in [0.25, 0.3) is 0 Å². The predicted molar refractivity (Wildman–Crippen MR) is 114 cm³/mol. The number of rotatable bonds is 2. The molecule has 3 aliphatic heterocycles. The van der Waals surface area contributed by atoms with Gasteiger partial charge in [0, 0.05) is 69.0 Å². The molecular weight excluding hydrogens is 362 g/mol. The first-order valence-corrected chi connectivity index (χ1v) is 10.7. The minimum atomic E-state index is 0.0449. The highest BCUT2D eigenvalue weighted by Gasteiger charge is 2.41. The molecule has 3 aliphatic rings. The van der Waals surface area contributed by atoms with Gasteiger partial charge in [0.15, 0.2) is 5.82 Å². The fourth-order valence-corrected chi connectivity index (χ4v) is 4.91. The highest BCUT2D eigenvalue weighted by molar-refractivity contribution is 5.47. The van der Waals surface area contributed by atoms with Crippen molar-refractivity contribution in [3.05, 3.63) is 35.4 Å². The predicted octanol–water partition coefficient (Wildman–Crippen LogP) is 2.12. The molecule has 2 saturated heterocycles. The van der Waals surface area contributed by atoms with Crippen LogP contribution in [0.3, 0.4) is 0 Å². The van der Waals surface area contributed by atoms with Crippen molar-refractivity contribution in [3.63, 3.8) is 0 Å². The van der Waals surface area contributed by atoms with Gasteiger partial charge < -0.3 is 14.7 Å². The molecule has 2 atom stereocenters. The summed E-state index contributed by atoms with van der Waals surface area (Å²) in [6.45, 7) is 12.9. The van der Waals surface area contributed by atoms with Crippen LogP contribution in [-0.4, -0.2) is 64.8 Å². The molecule has 0 bridgehead atoms. The molecule has 5 heterocycles. The quantitative estimate of drug-likeness (QED) is 0.774. The van der Waals surface area contributed by atoms with Gasteiger partial charge in [0.25, 0.3) is 0 Å². The summed E-state index contributed by atoms with van der Waals surface area (Å²) in [7, 11) is 2.18. The fourth-order valence-electron chi connectivity index (χ4n) is 4.91. The summed E-state index contributed by atoms with van der Waals surface area (Å²) >= 11 is 0. The van der Waals surface area contributed by atoms with Crippen LogP contribution in [0.2, 0.25) is 0 Å². The Hall–Kier alpha value is -2.28. The van der Waals surface area contributed by atoms with E-state index < -0.39 is 0 Å². The van der Waals surface area contributed by atoms with Crippen LogP contribution in [-0.2, 0) is 18.4 Å². The zero-order chi connectivity index (χ0) is 20.2. The molecule has 7 heteroatoms. The summed E-state index contributed by atoms with van der Waals surface area (Å²) < 4.78 is 0. The Bertz CT molecular complexity index is 892. The average molecular weight is 394 g/mol. The van der Waals surface area contributed by atoms with Crippen LogP contribution in [0.5, 0.6) is 0 Å². The van der Waals surface area contributed by atoms with Crippen molar-refractivity contribution in [2.45, 2.75) is 39.2 Å². The Labute approximate surface area is 173 Å². The lowest BCUT2D eigenvalue weighted by atomic mass is 9.92. The van der Waals surface area contributed by atoms with Gasteiger partial charge in [-0.05, 0) is 18.7 Å². The third kappa shape index (κ3) is 3.56. The van der Waals surface area contributed by atoms with E-state index in [-0.39, 0.29) is 5.41 Å². The standard InChI is InChI=1S/C22H31N7/c1-22(2,3)19-8-20(24-14-23-19)28-10-16-12-29(13-17(16)11-28)21-7-15-9-27(4)6-5-18(15)25-26-21/h7-8,14,16-17H,5-6,9-13H2,1-4H3. The van der Waals surface area contributed by atoms with Crippen molar-refractivity contribution < 1.29 is 0 Å². The highest BCUT2D eigenvalue weighted by atomic mass is 15.3. The number of fused-ring (bicyclic) bond motifs is 2. The Kier molecular flexibility index (Phi) is 4.46. The first-order valence-electron chi connectivity index (χ1n) is 10.7. The summed E-state index contributed by atoms with van der Waals surface area (Å²) in [5.41, 5.74) is 3.67. The van der Waals surface area contributed by atoms with Gasteiger partial charge in [0.1, 0.15) is 12.1 Å². The Morgan fingerprint density at radius 1 is 0.897 bits per heavy atom. The van der Waals surface area contributed by atoms with Crippen LogP contribution >= 0.6 is 0 Å². The van der Waals surface area contributed by atoms with Crippen LogP contribution in [0, 0.1) is 11.8 Å². The smallest absolute Gasteiger partial charge is 0.151 e. The largest absolute Gasteiger partial charge is 0.356 e. The number of hydrogen-bond donors (Lipinski definition) is 0. The van der Waals surface area contributed by atoms with Gasteiger partial charge in [-0.25, -0.2) is 9.97 Å². The number of aromatic nitrogens is 4. The van der Waals surface area contributed by atoms with Gasteiger partial charge in [-0.1, -0.05) is 20.8 Å². The van der Waals surface area contributed by atoms with Crippen molar-refractivity contribution >= 4 is 11.6 Å². The molecule has 5 rings (SSSR count). The minimum Gasteiger partial charge on any atom is -0.356 e. The summed E-state index contributed by atoms with van der Waals surface area (Å²) in [6, 6.07) is 4.45.